The van der Waals surface area contributed by atoms with Crippen molar-refractivity contribution in [2.45, 2.75) is 25.6 Å². The van der Waals surface area contributed by atoms with Crippen LogP contribution in [0, 0.1) is 5.92 Å². The number of alkyl halides is 3. The molecule has 0 aromatic heterocycles. The first kappa shape index (κ1) is 19.5. The molecule has 0 aliphatic carbocycles. The molecule has 0 atom stereocenters. The van der Waals surface area contributed by atoms with E-state index in [1.807, 2.05) is 0 Å². The van der Waals surface area contributed by atoms with Crippen LogP contribution in [0.3, 0.4) is 0 Å². The SMILES string of the molecule is O=C(Cc1ccc(OC(F)(F)F)cc1)OS(=O)(=O)CC1CCNCC1. The number of carbonyl (C=O) groups is 1. The first-order valence-corrected chi connectivity index (χ1v) is 9.21. The lowest BCUT2D eigenvalue weighted by Gasteiger charge is -2.21. The minimum absolute atomic E-state index is 0.0575. The molecule has 1 saturated heterocycles. The smallest absolute Gasteiger partial charge is 0.406 e. The molecular weight excluding hydrogens is 363 g/mol. The number of benzene rings is 1. The maximum atomic E-state index is 12.1. The second-order valence-corrected chi connectivity index (χ2v) is 7.36. The van der Waals surface area contributed by atoms with E-state index in [0.717, 1.165) is 25.2 Å². The molecule has 0 unspecified atom stereocenters. The van der Waals surface area contributed by atoms with Gasteiger partial charge >= 0.3 is 22.4 Å². The normalized spacial score (nSPS) is 16.4. The Morgan fingerprint density at radius 1 is 1.16 bits per heavy atom. The highest BCUT2D eigenvalue weighted by Gasteiger charge is 2.31. The van der Waals surface area contributed by atoms with Crippen LogP contribution in [0.2, 0.25) is 0 Å². The van der Waals surface area contributed by atoms with E-state index in [2.05, 4.69) is 14.2 Å². The van der Waals surface area contributed by atoms with E-state index in [-0.39, 0.29) is 18.1 Å². The van der Waals surface area contributed by atoms with Crippen LogP contribution in [0.1, 0.15) is 18.4 Å². The second-order valence-electron chi connectivity index (χ2n) is 5.74. The summed E-state index contributed by atoms with van der Waals surface area (Å²) in [6, 6.07) is 4.56. The van der Waals surface area contributed by atoms with Gasteiger partial charge in [-0.1, -0.05) is 12.1 Å². The molecule has 1 aliphatic heterocycles. The molecule has 1 aliphatic rings. The van der Waals surface area contributed by atoms with Gasteiger partial charge in [-0.15, -0.1) is 13.2 Å². The Morgan fingerprint density at radius 2 is 1.76 bits per heavy atom. The van der Waals surface area contributed by atoms with Crippen molar-refractivity contribution in [2.24, 2.45) is 5.92 Å². The Hall–Kier alpha value is -1.81. The lowest BCUT2D eigenvalue weighted by molar-refractivity contribution is -0.274. The van der Waals surface area contributed by atoms with Crippen LogP contribution in [0.25, 0.3) is 0 Å². The summed E-state index contributed by atoms with van der Waals surface area (Å²) in [7, 11) is -3.98. The van der Waals surface area contributed by atoms with Gasteiger partial charge < -0.3 is 14.2 Å². The molecule has 0 radical (unpaired) electrons. The highest BCUT2D eigenvalue weighted by Crippen LogP contribution is 2.23. The lowest BCUT2D eigenvalue weighted by atomic mass is 10.0. The Morgan fingerprint density at radius 3 is 2.32 bits per heavy atom. The maximum absolute atomic E-state index is 12.1. The molecular formula is C15H18F3NO5S. The molecule has 1 N–H and O–H groups in total. The van der Waals surface area contributed by atoms with Gasteiger partial charge in [0.05, 0.1) is 12.2 Å². The summed E-state index contributed by atoms with van der Waals surface area (Å²) < 4.78 is 68.3. The van der Waals surface area contributed by atoms with Crippen molar-refractivity contribution in [3.05, 3.63) is 29.8 Å². The summed E-state index contributed by atoms with van der Waals surface area (Å²) in [6.07, 6.45) is -3.78. The van der Waals surface area contributed by atoms with E-state index in [0.29, 0.717) is 18.4 Å². The number of rotatable bonds is 6. The topological polar surface area (TPSA) is 81.7 Å². The summed E-state index contributed by atoms with van der Waals surface area (Å²) in [5, 5.41) is 3.11. The van der Waals surface area contributed by atoms with Crippen molar-refractivity contribution in [1.29, 1.82) is 0 Å². The highest BCUT2D eigenvalue weighted by atomic mass is 32.2. The number of carbonyl (C=O) groups excluding carboxylic acids is 1. The molecule has 140 valence electrons. The monoisotopic (exact) mass is 381 g/mol. The zero-order chi connectivity index (χ0) is 18.5. The molecule has 10 heteroatoms. The van der Waals surface area contributed by atoms with E-state index in [4.69, 9.17) is 0 Å². The van der Waals surface area contributed by atoms with Crippen molar-refractivity contribution in [1.82, 2.24) is 5.32 Å². The van der Waals surface area contributed by atoms with Crippen molar-refractivity contribution in [3.8, 4) is 5.75 Å². The highest BCUT2D eigenvalue weighted by molar-refractivity contribution is 7.87. The zero-order valence-corrected chi connectivity index (χ0v) is 14.0. The zero-order valence-electron chi connectivity index (χ0n) is 13.2. The molecule has 1 fully saturated rings. The number of hydrogen-bond donors (Lipinski definition) is 1. The van der Waals surface area contributed by atoms with Crippen molar-refractivity contribution >= 4 is 16.1 Å². The predicted octanol–water partition coefficient (Wildman–Crippen LogP) is 2.00. The third-order valence-corrected chi connectivity index (χ3v) is 4.94. The molecule has 0 spiro atoms. The number of piperidine rings is 1. The van der Waals surface area contributed by atoms with Crippen LogP contribution >= 0.6 is 0 Å². The van der Waals surface area contributed by atoms with Gasteiger partial charge in [-0.2, -0.15) is 8.42 Å². The molecule has 1 heterocycles. The molecule has 1 aromatic carbocycles. The average molecular weight is 381 g/mol. The number of nitrogens with one attached hydrogen (secondary N) is 1. The summed E-state index contributed by atoms with van der Waals surface area (Å²) in [6.45, 7) is 1.45. The number of ether oxygens (including phenoxy) is 1. The Kier molecular flexibility index (Phi) is 6.28. The quantitative estimate of drug-likeness (QED) is 0.759. The molecule has 2 rings (SSSR count). The Balaban J connectivity index is 1.86. The minimum Gasteiger partial charge on any atom is -0.406 e. The summed E-state index contributed by atoms with van der Waals surface area (Å²) in [4.78, 5) is 11.8. The fourth-order valence-corrected chi connectivity index (χ4v) is 3.84. The lowest BCUT2D eigenvalue weighted by Crippen LogP contribution is -2.32. The predicted molar refractivity (Wildman–Crippen MR) is 82.3 cm³/mol. The van der Waals surface area contributed by atoms with Crippen LogP contribution in [-0.2, 0) is 25.5 Å². The largest absolute Gasteiger partial charge is 0.573 e. The molecule has 25 heavy (non-hydrogen) atoms. The second kappa shape index (κ2) is 8.05. The van der Waals surface area contributed by atoms with Gasteiger partial charge in [0.1, 0.15) is 5.75 Å². The van der Waals surface area contributed by atoms with Gasteiger partial charge in [-0.3, -0.25) is 4.79 Å². The summed E-state index contributed by atoms with van der Waals surface area (Å²) >= 11 is 0. The number of halogens is 3. The van der Waals surface area contributed by atoms with E-state index < -0.39 is 28.2 Å². The van der Waals surface area contributed by atoms with Crippen LogP contribution in [0.15, 0.2) is 24.3 Å². The van der Waals surface area contributed by atoms with E-state index in [1.54, 1.807) is 0 Å². The van der Waals surface area contributed by atoms with Crippen LogP contribution in [0.4, 0.5) is 13.2 Å². The fraction of sp³-hybridized carbons (Fsp3) is 0.533. The summed E-state index contributed by atoms with van der Waals surface area (Å²) in [5.41, 5.74) is 0.316. The first-order valence-electron chi connectivity index (χ1n) is 7.63. The standard InChI is InChI=1S/C15H18F3NO5S/c16-15(17,18)23-13-3-1-11(2-4-13)9-14(20)24-25(21,22)10-12-5-7-19-8-6-12/h1-4,12,19H,5-10H2. The summed E-state index contributed by atoms with van der Waals surface area (Å²) in [5.74, 6) is -1.68. The third-order valence-electron chi connectivity index (χ3n) is 3.62. The van der Waals surface area contributed by atoms with E-state index >= 15 is 0 Å². The average Bonchev–Trinajstić information content (AvgIpc) is 2.47. The molecule has 0 amide bonds. The maximum Gasteiger partial charge on any atom is 0.573 e. The number of hydrogen-bond acceptors (Lipinski definition) is 6. The van der Waals surface area contributed by atoms with Gasteiger partial charge in [0.15, 0.2) is 0 Å². The fourth-order valence-electron chi connectivity index (χ4n) is 2.52. The van der Waals surface area contributed by atoms with Gasteiger partial charge in [-0.05, 0) is 49.5 Å². The van der Waals surface area contributed by atoms with Crippen LogP contribution in [-0.4, -0.2) is 39.6 Å². The van der Waals surface area contributed by atoms with Crippen molar-refractivity contribution < 1.29 is 35.3 Å². The molecule has 0 saturated carbocycles. The van der Waals surface area contributed by atoms with Crippen molar-refractivity contribution in [3.63, 3.8) is 0 Å². The van der Waals surface area contributed by atoms with Gasteiger partial charge in [0.25, 0.3) is 0 Å². The van der Waals surface area contributed by atoms with E-state index in [1.165, 1.54) is 12.1 Å². The van der Waals surface area contributed by atoms with Crippen LogP contribution < -0.4 is 10.1 Å². The van der Waals surface area contributed by atoms with Gasteiger partial charge in [-0.25, -0.2) is 0 Å². The van der Waals surface area contributed by atoms with Crippen molar-refractivity contribution in [2.75, 3.05) is 18.8 Å². The Bertz CT molecular complexity index is 682. The van der Waals surface area contributed by atoms with Crippen LogP contribution in [0.5, 0.6) is 5.75 Å². The molecule has 1 aromatic rings. The molecule has 0 bridgehead atoms. The van der Waals surface area contributed by atoms with Gasteiger partial charge in [0.2, 0.25) is 0 Å². The Labute approximate surface area is 143 Å². The van der Waals surface area contributed by atoms with Gasteiger partial charge in [0, 0.05) is 0 Å². The minimum atomic E-state index is -4.80. The molecule has 6 nitrogen and oxygen atoms in total. The van der Waals surface area contributed by atoms with E-state index in [9.17, 15) is 26.4 Å². The third kappa shape index (κ3) is 7.30. The first-order chi connectivity index (χ1) is 11.6.